The van der Waals surface area contributed by atoms with Crippen molar-refractivity contribution >= 4 is 34.4 Å². The molecule has 0 spiro atoms. The molecule has 3 aromatic rings. The number of para-hydroxylation sites is 1. The Hall–Kier alpha value is -3.28. The SMILES string of the molecule is CCCC1=NN(c2ccc(F)cc2)C(=O)[C@@H]1C=NCCc1c[nH]c2ccccc12. The van der Waals surface area contributed by atoms with Gasteiger partial charge in [0.15, 0.2) is 0 Å². The number of hydrazone groups is 1. The lowest BCUT2D eigenvalue weighted by molar-refractivity contribution is -0.118. The van der Waals surface area contributed by atoms with Gasteiger partial charge in [-0.25, -0.2) is 4.39 Å². The Bertz CT molecular complexity index is 1070. The molecule has 2 aromatic carbocycles. The van der Waals surface area contributed by atoms with Crippen LogP contribution in [0.5, 0.6) is 0 Å². The number of aliphatic imine (C=N–C) groups is 1. The van der Waals surface area contributed by atoms with Crippen molar-refractivity contribution in [1.82, 2.24) is 4.98 Å². The van der Waals surface area contributed by atoms with Crippen LogP contribution in [0, 0.1) is 11.7 Å². The molecule has 0 aliphatic carbocycles. The van der Waals surface area contributed by atoms with Crippen LogP contribution in [0.1, 0.15) is 25.3 Å². The molecule has 5 nitrogen and oxygen atoms in total. The number of hydrogen-bond donors (Lipinski definition) is 1. The number of hydrogen-bond acceptors (Lipinski definition) is 3. The highest BCUT2D eigenvalue weighted by molar-refractivity contribution is 6.24. The van der Waals surface area contributed by atoms with Gasteiger partial charge >= 0.3 is 0 Å². The number of anilines is 1. The summed E-state index contributed by atoms with van der Waals surface area (Å²) in [6.07, 6.45) is 6.14. The van der Waals surface area contributed by atoms with E-state index in [1.807, 2.05) is 18.3 Å². The van der Waals surface area contributed by atoms with Crippen molar-refractivity contribution in [3.05, 3.63) is 66.1 Å². The van der Waals surface area contributed by atoms with E-state index in [0.29, 0.717) is 12.2 Å². The smallest absolute Gasteiger partial charge is 0.261 e. The van der Waals surface area contributed by atoms with E-state index < -0.39 is 5.92 Å². The first-order chi connectivity index (χ1) is 14.2. The molecule has 2 heterocycles. The summed E-state index contributed by atoms with van der Waals surface area (Å²) < 4.78 is 13.2. The molecule has 29 heavy (non-hydrogen) atoms. The Labute approximate surface area is 169 Å². The third-order valence-electron chi connectivity index (χ3n) is 5.08. The second-order valence-corrected chi connectivity index (χ2v) is 7.11. The zero-order chi connectivity index (χ0) is 20.2. The molecule has 0 radical (unpaired) electrons. The molecule has 6 heteroatoms. The maximum absolute atomic E-state index is 13.2. The average Bonchev–Trinajstić information content (AvgIpc) is 3.28. The maximum Gasteiger partial charge on any atom is 0.261 e. The van der Waals surface area contributed by atoms with Crippen LogP contribution in [0.4, 0.5) is 10.1 Å². The number of carbonyl (C=O) groups excluding carboxylic acids is 1. The van der Waals surface area contributed by atoms with Crippen LogP contribution in [-0.4, -0.2) is 29.4 Å². The normalized spacial score (nSPS) is 16.9. The number of amides is 1. The van der Waals surface area contributed by atoms with E-state index in [1.165, 1.54) is 28.1 Å². The van der Waals surface area contributed by atoms with E-state index >= 15 is 0 Å². The second-order valence-electron chi connectivity index (χ2n) is 7.11. The lowest BCUT2D eigenvalue weighted by Gasteiger charge is -2.12. The summed E-state index contributed by atoms with van der Waals surface area (Å²) in [6.45, 7) is 2.65. The molecular formula is C23H23FN4O. The zero-order valence-electron chi connectivity index (χ0n) is 16.3. The van der Waals surface area contributed by atoms with Gasteiger partial charge in [0.1, 0.15) is 11.7 Å². The van der Waals surface area contributed by atoms with Gasteiger partial charge in [0, 0.05) is 29.9 Å². The molecule has 1 N–H and O–H groups in total. The van der Waals surface area contributed by atoms with Crippen molar-refractivity contribution in [3.63, 3.8) is 0 Å². The van der Waals surface area contributed by atoms with Crippen LogP contribution in [0.25, 0.3) is 10.9 Å². The van der Waals surface area contributed by atoms with Gasteiger partial charge in [0.2, 0.25) is 0 Å². The third-order valence-corrected chi connectivity index (χ3v) is 5.08. The minimum absolute atomic E-state index is 0.143. The van der Waals surface area contributed by atoms with Crippen molar-refractivity contribution in [3.8, 4) is 0 Å². The first-order valence-corrected chi connectivity index (χ1v) is 9.89. The lowest BCUT2D eigenvalue weighted by Crippen LogP contribution is -2.28. The highest BCUT2D eigenvalue weighted by Gasteiger charge is 2.34. The molecule has 4 rings (SSSR count). The van der Waals surface area contributed by atoms with Crippen LogP contribution in [-0.2, 0) is 11.2 Å². The maximum atomic E-state index is 13.2. The fourth-order valence-corrected chi connectivity index (χ4v) is 3.60. The Morgan fingerprint density at radius 3 is 2.76 bits per heavy atom. The summed E-state index contributed by atoms with van der Waals surface area (Å²) in [5.41, 5.74) is 3.70. The van der Waals surface area contributed by atoms with E-state index in [1.54, 1.807) is 18.3 Å². The second kappa shape index (κ2) is 8.39. The van der Waals surface area contributed by atoms with Crippen LogP contribution in [0.2, 0.25) is 0 Å². The van der Waals surface area contributed by atoms with Gasteiger partial charge in [-0.05, 0) is 48.7 Å². The minimum atomic E-state index is -0.456. The summed E-state index contributed by atoms with van der Waals surface area (Å²) in [6, 6.07) is 14.0. The molecule has 0 unspecified atom stereocenters. The molecule has 0 bridgehead atoms. The molecule has 1 atom stereocenters. The number of aromatic nitrogens is 1. The van der Waals surface area contributed by atoms with Crippen LogP contribution < -0.4 is 5.01 Å². The molecular weight excluding hydrogens is 367 g/mol. The van der Waals surface area contributed by atoms with Gasteiger partial charge < -0.3 is 4.98 Å². The van der Waals surface area contributed by atoms with Crippen molar-refractivity contribution in [2.24, 2.45) is 16.0 Å². The van der Waals surface area contributed by atoms with Gasteiger partial charge in [0.05, 0.1) is 11.4 Å². The fraction of sp³-hybridized carbons (Fsp3) is 0.261. The Morgan fingerprint density at radius 1 is 1.17 bits per heavy atom. The predicted molar refractivity (Wildman–Crippen MR) is 115 cm³/mol. The van der Waals surface area contributed by atoms with Crippen molar-refractivity contribution in [2.75, 3.05) is 11.6 Å². The predicted octanol–water partition coefficient (Wildman–Crippen LogP) is 4.74. The molecule has 1 aromatic heterocycles. The summed E-state index contributed by atoms with van der Waals surface area (Å²) in [5, 5.41) is 7.06. The highest BCUT2D eigenvalue weighted by atomic mass is 19.1. The highest BCUT2D eigenvalue weighted by Crippen LogP contribution is 2.25. The quantitative estimate of drug-likeness (QED) is 0.582. The van der Waals surface area contributed by atoms with E-state index in [9.17, 15) is 9.18 Å². The molecule has 148 valence electrons. The van der Waals surface area contributed by atoms with Crippen LogP contribution in [0.3, 0.4) is 0 Å². The number of aromatic amines is 1. The minimum Gasteiger partial charge on any atom is -0.361 e. The molecule has 1 aliphatic rings. The number of carbonyl (C=O) groups is 1. The van der Waals surface area contributed by atoms with E-state index in [-0.39, 0.29) is 11.7 Å². The standard InChI is InChI=1S/C23H23FN4O/c1-2-5-22-20(23(29)28(27-22)18-10-8-17(24)9-11-18)15-25-13-12-16-14-26-21-7-4-3-6-19(16)21/h3-4,6-11,14-15,20,26H,2,5,12-13H2,1H3/t20-/m1/s1. The number of nitrogens with zero attached hydrogens (tertiary/aromatic N) is 3. The van der Waals surface area contributed by atoms with Crippen molar-refractivity contribution in [1.29, 1.82) is 0 Å². The number of halogens is 1. The molecule has 0 saturated heterocycles. The first-order valence-electron chi connectivity index (χ1n) is 9.89. The average molecular weight is 390 g/mol. The molecule has 1 aliphatic heterocycles. The Balaban J connectivity index is 1.45. The van der Waals surface area contributed by atoms with Crippen LogP contribution >= 0.6 is 0 Å². The van der Waals surface area contributed by atoms with Crippen molar-refractivity contribution in [2.45, 2.75) is 26.2 Å². The van der Waals surface area contributed by atoms with Gasteiger partial charge in [-0.3, -0.25) is 9.79 Å². The Kier molecular flexibility index (Phi) is 5.51. The van der Waals surface area contributed by atoms with Crippen molar-refractivity contribution < 1.29 is 9.18 Å². The number of H-pyrrole nitrogens is 1. The molecule has 1 amide bonds. The van der Waals surface area contributed by atoms with E-state index in [2.05, 4.69) is 34.1 Å². The van der Waals surface area contributed by atoms with Gasteiger partial charge in [-0.15, -0.1) is 0 Å². The van der Waals surface area contributed by atoms with Crippen LogP contribution in [0.15, 0.2) is 64.8 Å². The summed E-state index contributed by atoms with van der Waals surface area (Å²) in [4.78, 5) is 20.7. The van der Waals surface area contributed by atoms with Gasteiger partial charge in [-0.2, -0.15) is 10.1 Å². The largest absolute Gasteiger partial charge is 0.361 e. The number of rotatable bonds is 7. The molecule has 0 saturated carbocycles. The Morgan fingerprint density at radius 2 is 1.97 bits per heavy atom. The number of nitrogens with one attached hydrogen (secondary N) is 1. The summed E-state index contributed by atoms with van der Waals surface area (Å²) >= 11 is 0. The third kappa shape index (κ3) is 3.97. The van der Waals surface area contributed by atoms with Gasteiger partial charge in [-0.1, -0.05) is 31.5 Å². The van der Waals surface area contributed by atoms with E-state index in [0.717, 1.165) is 30.5 Å². The monoisotopic (exact) mass is 390 g/mol. The van der Waals surface area contributed by atoms with E-state index in [4.69, 9.17) is 0 Å². The molecule has 0 fully saturated rings. The first kappa shape index (κ1) is 19.1. The van der Waals surface area contributed by atoms with Gasteiger partial charge in [0.25, 0.3) is 5.91 Å². The number of benzene rings is 2. The fourth-order valence-electron chi connectivity index (χ4n) is 3.60. The topological polar surface area (TPSA) is 60.8 Å². The lowest BCUT2D eigenvalue weighted by atomic mass is 10.0. The number of fused-ring (bicyclic) bond motifs is 1. The zero-order valence-corrected chi connectivity index (χ0v) is 16.3. The summed E-state index contributed by atoms with van der Waals surface area (Å²) in [7, 11) is 0. The summed E-state index contributed by atoms with van der Waals surface area (Å²) in [5.74, 6) is -0.938.